The number of halogens is 1. The summed E-state index contributed by atoms with van der Waals surface area (Å²) >= 11 is 7.44. The summed E-state index contributed by atoms with van der Waals surface area (Å²) in [6.07, 6.45) is 2.51. The van der Waals surface area contributed by atoms with E-state index in [4.69, 9.17) is 16.3 Å². The van der Waals surface area contributed by atoms with Gasteiger partial charge in [-0.05, 0) is 38.3 Å². The molecule has 0 bridgehead atoms. The van der Waals surface area contributed by atoms with Gasteiger partial charge in [0.2, 0.25) is 5.91 Å². The highest BCUT2D eigenvalue weighted by Gasteiger charge is 2.39. The van der Waals surface area contributed by atoms with Crippen LogP contribution in [0.5, 0.6) is 5.75 Å². The third kappa shape index (κ3) is 5.09. The van der Waals surface area contributed by atoms with Gasteiger partial charge < -0.3 is 10.1 Å². The fraction of sp³-hybridized carbons (Fsp3) is 0.526. The van der Waals surface area contributed by atoms with Crippen molar-refractivity contribution in [3.63, 3.8) is 0 Å². The van der Waals surface area contributed by atoms with Gasteiger partial charge in [0, 0.05) is 6.04 Å². The zero-order valence-corrected chi connectivity index (χ0v) is 18.9. The van der Waals surface area contributed by atoms with Gasteiger partial charge in [-0.25, -0.2) is 8.42 Å². The Kier molecular flexibility index (Phi) is 6.00. The molecule has 162 valence electrons. The highest BCUT2D eigenvalue weighted by Crippen LogP contribution is 2.39. The maximum atomic E-state index is 12.4. The second-order valence-electron chi connectivity index (χ2n) is 7.96. The lowest BCUT2D eigenvalue weighted by atomic mass is 10.0. The minimum atomic E-state index is -3.08. The van der Waals surface area contributed by atoms with Crippen molar-refractivity contribution in [2.24, 2.45) is 0 Å². The number of rotatable bonds is 8. The van der Waals surface area contributed by atoms with E-state index in [-0.39, 0.29) is 29.8 Å². The lowest BCUT2D eigenvalue weighted by Gasteiger charge is -2.23. The fourth-order valence-electron chi connectivity index (χ4n) is 3.52. The molecule has 1 unspecified atom stereocenters. The molecule has 2 fully saturated rings. The van der Waals surface area contributed by atoms with Crippen molar-refractivity contribution in [2.45, 2.75) is 49.5 Å². The van der Waals surface area contributed by atoms with E-state index in [2.05, 4.69) is 15.5 Å². The van der Waals surface area contributed by atoms with E-state index in [0.29, 0.717) is 34.2 Å². The first-order valence-electron chi connectivity index (χ1n) is 9.70. The topological polar surface area (TPSA) is 103 Å². The van der Waals surface area contributed by atoms with Gasteiger partial charge in [0.05, 0.1) is 27.8 Å². The number of amides is 1. The number of carbonyl (C=O) groups is 1. The molecule has 2 aliphatic rings. The number of nitrogens with zero attached hydrogens (tertiary/aromatic N) is 3. The van der Waals surface area contributed by atoms with Gasteiger partial charge >= 0.3 is 0 Å². The second-order valence-corrected chi connectivity index (χ2v) is 11.5. The van der Waals surface area contributed by atoms with Crippen LogP contribution < -0.4 is 10.1 Å². The van der Waals surface area contributed by atoms with Crippen molar-refractivity contribution in [3.8, 4) is 5.75 Å². The van der Waals surface area contributed by atoms with Gasteiger partial charge in [0.1, 0.15) is 12.4 Å². The molecule has 1 aliphatic heterocycles. The smallest absolute Gasteiger partial charge is 0.230 e. The van der Waals surface area contributed by atoms with E-state index >= 15 is 0 Å². The van der Waals surface area contributed by atoms with E-state index in [1.165, 1.54) is 11.8 Å². The van der Waals surface area contributed by atoms with E-state index in [1.807, 2.05) is 16.7 Å². The molecule has 30 heavy (non-hydrogen) atoms. The Hall–Kier alpha value is -1.78. The first-order chi connectivity index (χ1) is 14.2. The van der Waals surface area contributed by atoms with Gasteiger partial charge in [0.15, 0.2) is 20.8 Å². The third-order valence-electron chi connectivity index (χ3n) is 5.12. The van der Waals surface area contributed by atoms with Crippen molar-refractivity contribution in [3.05, 3.63) is 35.1 Å². The Bertz CT molecular complexity index is 1050. The molecule has 0 spiro atoms. The number of hydrogen-bond acceptors (Lipinski definition) is 7. The van der Waals surface area contributed by atoms with Crippen molar-refractivity contribution in [2.75, 3.05) is 17.3 Å². The predicted octanol–water partition coefficient (Wildman–Crippen LogP) is 2.63. The molecule has 1 aliphatic carbocycles. The van der Waals surface area contributed by atoms with Gasteiger partial charge in [-0.2, -0.15) is 0 Å². The van der Waals surface area contributed by atoms with Crippen LogP contribution in [-0.4, -0.2) is 51.9 Å². The summed E-state index contributed by atoms with van der Waals surface area (Å²) in [4.78, 5) is 12.4. The highest BCUT2D eigenvalue weighted by molar-refractivity contribution is 7.99. The summed E-state index contributed by atoms with van der Waals surface area (Å²) in [6, 6.07) is 7.56. The lowest BCUT2D eigenvalue weighted by Crippen LogP contribution is -2.47. The summed E-state index contributed by atoms with van der Waals surface area (Å²) in [7, 11) is -3.08. The Morgan fingerprint density at radius 3 is 2.80 bits per heavy atom. The van der Waals surface area contributed by atoms with Crippen LogP contribution in [0.1, 0.15) is 38.1 Å². The number of sulfone groups is 1. The van der Waals surface area contributed by atoms with Crippen LogP contribution in [0, 0.1) is 0 Å². The molecule has 1 saturated carbocycles. The van der Waals surface area contributed by atoms with Crippen molar-refractivity contribution in [1.82, 2.24) is 20.1 Å². The molecule has 1 N–H and O–H groups in total. The average molecular weight is 471 g/mol. The van der Waals surface area contributed by atoms with Crippen LogP contribution in [0.15, 0.2) is 29.4 Å². The van der Waals surface area contributed by atoms with Crippen LogP contribution in [0.4, 0.5) is 0 Å². The average Bonchev–Trinajstić information content (AvgIpc) is 3.37. The minimum absolute atomic E-state index is 0.0157. The zero-order chi connectivity index (χ0) is 21.4. The van der Waals surface area contributed by atoms with Crippen LogP contribution in [0.3, 0.4) is 0 Å². The normalized spacial score (nSPS) is 22.7. The number of nitrogens with one attached hydrogen (secondary N) is 1. The standard InChI is InChI=1S/C19H23ClN4O4S2/c1-19(8-9-30(26,27)12-19)21-17(25)11-29-18-23-22-16(24(18)13-6-7-13)10-28-15-5-3-2-4-14(15)20/h2-5,13H,6-12H2,1H3,(H,21,25). The van der Waals surface area contributed by atoms with E-state index in [1.54, 1.807) is 19.1 Å². The molecule has 4 rings (SSSR count). The molecular weight excluding hydrogens is 448 g/mol. The summed E-state index contributed by atoms with van der Waals surface area (Å²) in [5.41, 5.74) is -0.700. The number of hydrogen-bond donors (Lipinski definition) is 1. The third-order valence-corrected chi connectivity index (χ3v) is 8.28. The maximum Gasteiger partial charge on any atom is 0.230 e. The molecule has 1 amide bonds. The van der Waals surface area contributed by atoms with E-state index in [9.17, 15) is 13.2 Å². The Morgan fingerprint density at radius 2 is 2.13 bits per heavy atom. The molecule has 8 nitrogen and oxygen atoms in total. The van der Waals surface area contributed by atoms with Crippen LogP contribution >= 0.6 is 23.4 Å². The molecule has 11 heteroatoms. The SMILES string of the molecule is CC1(NC(=O)CSc2nnc(COc3ccccc3Cl)n2C2CC2)CCS(=O)(=O)C1. The van der Waals surface area contributed by atoms with Crippen molar-refractivity contribution >= 4 is 39.1 Å². The zero-order valence-electron chi connectivity index (χ0n) is 16.5. The monoisotopic (exact) mass is 470 g/mol. The second kappa shape index (κ2) is 8.39. The summed E-state index contributed by atoms with van der Waals surface area (Å²) in [5, 5.41) is 12.6. The largest absolute Gasteiger partial charge is 0.484 e. The Labute approximate surface area is 184 Å². The summed E-state index contributed by atoms with van der Waals surface area (Å²) in [5.74, 6) is 1.30. The van der Waals surface area contributed by atoms with Gasteiger partial charge in [-0.1, -0.05) is 35.5 Å². The molecule has 1 aromatic heterocycles. The van der Waals surface area contributed by atoms with Crippen LogP contribution in [0.2, 0.25) is 5.02 Å². The number of aromatic nitrogens is 3. The van der Waals surface area contributed by atoms with Crippen LogP contribution in [-0.2, 0) is 21.2 Å². The summed E-state index contributed by atoms with van der Waals surface area (Å²) in [6.45, 7) is 2.01. The molecular formula is C19H23ClN4O4S2. The molecule has 1 saturated heterocycles. The Morgan fingerprint density at radius 1 is 1.37 bits per heavy atom. The number of carbonyl (C=O) groups excluding carboxylic acids is 1. The molecule has 2 aromatic rings. The molecule has 1 atom stereocenters. The molecule has 1 aromatic carbocycles. The fourth-order valence-corrected chi connectivity index (χ4v) is 6.63. The first kappa shape index (κ1) is 21.5. The van der Waals surface area contributed by atoms with Crippen LogP contribution in [0.25, 0.3) is 0 Å². The van der Waals surface area contributed by atoms with E-state index < -0.39 is 15.4 Å². The maximum absolute atomic E-state index is 12.4. The Balaban J connectivity index is 1.38. The van der Waals surface area contributed by atoms with Gasteiger partial charge in [0.25, 0.3) is 0 Å². The van der Waals surface area contributed by atoms with E-state index in [0.717, 1.165) is 12.8 Å². The first-order valence-corrected chi connectivity index (χ1v) is 12.9. The highest BCUT2D eigenvalue weighted by atomic mass is 35.5. The number of ether oxygens (including phenoxy) is 1. The number of thioether (sulfide) groups is 1. The van der Waals surface area contributed by atoms with Crippen molar-refractivity contribution in [1.29, 1.82) is 0 Å². The minimum Gasteiger partial charge on any atom is -0.484 e. The van der Waals surface area contributed by atoms with Crippen molar-refractivity contribution < 1.29 is 17.9 Å². The summed E-state index contributed by atoms with van der Waals surface area (Å²) < 4.78 is 31.3. The molecule has 0 radical (unpaired) electrons. The predicted molar refractivity (Wildman–Crippen MR) is 115 cm³/mol. The lowest BCUT2D eigenvalue weighted by molar-refractivity contribution is -0.120. The quantitative estimate of drug-likeness (QED) is 0.591. The van der Waals surface area contributed by atoms with Gasteiger partial charge in [-0.3, -0.25) is 9.36 Å². The van der Waals surface area contributed by atoms with Gasteiger partial charge in [-0.15, -0.1) is 10.2 Å². The number of benzene rings is 1. The number of para-hydroxylation sites is 1. The molecule has 2 heterocycles.